The summed E-state index contributed by atoms with van der Waals surface area (Å²) >= 11 is 0. The highest BCUT2D eigenvalue weighted by molar-refractivity contribution is 6.45. The van der Waals surface area contributed by atoms with Crippen molar-refractivity contribution in [2.75, 3.05) is 20.7 Å². The molecule has 0 spiro atoms. The van der Waals surface area contributed by atoms with E-state index in [1.165, 1.54) is 4.90 Å². The lowest BCUT2D eigenvalue weighted by atomic mass is 10.2. The molecule has 2 fully saturated rings. The summed E-state index contributed by atoms with van der Waals surface area (Å²) in [6.07, 6.45) is 3.28. The number of likely N-dealkylation sites (N-methyl/N-ethyl adjacent to an activating group) is 1. The summed E-state index contributed by atoms with van der Waals surface area (Å²) < 4.78 is 5.16. The van der Waals surface area contributed by atoms with Gasteiger partial charge in [0, 0.05) is 19.6 Å². The molecule has 1 aromatic rings. The van der Waals surface area contributed by atoms with Gasteiger partial charge in [0.2, 0.25) is 5.91 Å². The number of nitrogens with zero attached hydrogens (tertiary/aromatic N) is 3. The van der Waals surface area contributed by atoms with E-state index in [-0.39, 0.29) is 6.04 Å². The van der Waals surface area contributed by atoms with E-state index in [0.29, 0.717) is 25.1 Å². The summed E-state index contributed by atoms with van der Waals surface area (Å²) in [5.74, 6) is -1.48. The molecule has 3 rings (SSSR count). The molecule has 5 amide bonds. The Morgan fingerprint density at radius 3 is 2.56 bits per heavy atom. The molecule has 1 aliphatic carbocycles. The number of amides is 5. The predicted octanol–water partition coefficient (Wildman–Crippen LogP) is 1.39. The van der Waals surface area contributed by atoms with Crippen LogP contribution in [0.2, 0.25) is 0 Å². The average Bonchev–Trinajstić information content (AvgIpc) is 3.25. The van der Waals surface area contributed by atoms with Gasteiger partial charge in [-0.25, -0.2) is 9.69 Å². The summed E-state index contributed by atoms with van der Waals surface area (Å²) in [7, 11) is 3.15. The van der Waals surface area contributed by atoms with Gasteiger partial charge in [-0.2, -0.15) is 0 Å². The van der Waals surface area contributed by atoms with Crippen molar-refractivity contribution in [3.63, 3.8) is 0 Å². The van der Waals surface area contributed by atoms with Crippen molar-refractivity contribution >= 4 is 23.8 Å². The molecule has 1 saturated carbocycles. The molecule has 0 bridgehead atoms. The van der Waals surface area contributed by atoms with Crippen LogP contribution in [0.1, 0.15) is 31.2 Å². The predicted molar refractivity (Wildman–Crippen MR) is 95.7 cm³/mol. The van der Waals surface area contributed by atoms with Gasteiger partial charge in [-0.05, 0) is 30.5 Å². The fourth-order valence-corrected chi connectivity index (χ4v) is 3.54. The summed E-state index contributed by atoms with van der Waals surface area (Å²) in [6, 6.07) is 6.36. The van der Waals surface area contributed by atoms with Crippen LogP contribution < -0.4 is 4.74 Å². The molecule has 27 heavy (non-hydrogen) atoms. The Balaban J connectivity index is 1.64. The number of ether oxygens (including phenoxy) is 1. The van der Waals surface area contributed by atoms with Crippen molar-refractivity contribution in [1.29, 1.82) is 0 Å². The summed E-state index contributed by atoms with van der Waals surface area (Å²) in [5, 5.41) is 0. The topological polar surface area (TPSA) is 87.2 Å². The van der Waals surface area contributed by atoms with Crippen LogP contribution in [-0.4, -0.2) is 65.2 Å². The summed E-state index contributed by atoms with van der Waals surface area (Å²) in [5.41, 5.74) is 0.855. The second kappa shape index (κ2) is 7.77. The maximum absolute atomic E-state index is 12.5. The van der Waals surface area contributed by atoms with Gasteiger partial charge in [0.05, 0.1) is 7.11 Å². The molecule has 1 heterocycles. The monoisotopic (exact) mass is 373 g/mol. The lowest BCUT2D eigenvalue weighted by molar-refractivity contribution is -0.145. The molecule has 0 radical (unpaired) electrons. The molecule has 0 aromatic heterocycles. The van der Waals surface area contributed by atoms with E-state index in [4.69, 9.17) is 4.74 Å². The third-order valence-corrected chi connectivity index (χ3v) is 5.05. The molecular formula is C19H23N3O5. The molecule has 0 N–H and O–H groups in total. The van der Waals surface area contributed by atoms with E-state index < -0.39 is 30.3 Å². The highest BCUT2D eigenvalue weighted by atomic mass is 16.5. The maximum Gasteiger partial charge on any atom is 0.334 e. The van der Waals surface area contributed by atoms with E-state index in [1.807, 2.05) is 12.1 Å². The van der Waals surface area contributed by atoms with Crippen LogP contribution in [0.3, 0.4) is 0 Å². The zero-order chi connectivity index (χ0) is 19.6. The van der Waals surface area contributed by atoms with Gasteiger partial charge in [-0.15, -0.1) is 0 Å². The van der Waals surface area contributed by atoms with Crippen molar-refractivity contribution in [3.8, 4) is 5.75 Å². The number of urea groups is 1. The van der Waals surface area contributed by atoms with Crippen LogP contribution in [0.15, 0.2) is 24.3 Å². The lowest BCUT2D eigenvalue weighted by Crippen LogP contribution is -2.43. The largest absolute Gasteiger partial charge is 0.497 e. The van der Waals surface area contributed by atoms with Gasteiger partial charge in [0.25, 0.3) is 0 Å². The van der Waals surface area contributed by atoms with E-state index in [2.05, 4.69) is 0 Å². The molecule has 8 nitrogen and oxygen atoms in total. The number of rotatable bonds is 6. The van der Waals surface area contributed by atoms with Crippen LogP contribution in [-0.2, 0) is 20.9 Å². The van der Waals surface area contributed by atoms with Gasteiger partial charge in [-0.1, -0.05) is 25.0 Å². The van der Waals surface area contributed by atoms with Crippen LogP contribution in [0.4, 0.5) is 4.79 Å². The number of methoxy groups -OCH3 is 1. The zero-order valence-electron chi connectivity index (χ0n) is 15.5. The van der Waals surface area contributed by atoms with Crippen molar-refractivity contribution in [3.05, 3.63) is 29.8 Å². The Labute approximate surface area is 157 Å². The van der Waals surface area contributed by atoms with Gasteiger partial charge in [0.1, 0.15) is 12.3 Å². The number of benzene rings is 1. The van der Waals surface area contributed by atoms with Crippen LogP contribution in [0.25, 0.3) is 0 Å². The second-order valence-corrected chi connectivity index (χ2v) is 6.89. The van der Waals surface area contributed by atoms with E-state index >= 15 is 0 Å². The van der Waals surface area contributed by atoms with Crippen LogP contribution >= 0.6 is 0 Å². The van der Waals surface area contributed by atoms with E-state index in [1.54, 1.807) is 26.3 Å². The normalized spacial score (nSPS) is 17.8. The number of hydrogen-bond donors (Lipinski definition) is 0. The minimum Gasteiger partial charge on any atom is -0.497 e. The first-order valence-corrected chi connectivity index (χ1v) is 8.98. The van der Waals surface area contributed by atoms with Crippen molar-refractivity contribution in [1.82, 2.24) is 14.7 Å². The highest BCUT2D eigenvalue weighted by Crippen LogP contribution is 2.27. The summed E-state index contributed by atoms with van der Waals surface area (Å²) in [4.78, 5) is 52.7. The van der Waals surface area contributed by atoms with Crippen molar-refractivity contribution in [2.24, 2.45) is 0 Å². The molecule has 1 aromatic carbocycles. The second-order valence-electron chi connectivity index (χ2n) is 6.89. The highest BCUT2D eigenvalue weighted by Gasteiger charge is 2.48. The Hall–Kier alpha value is -2.90. The number of carbonyl (C=O) groups excluding carboxylic acids is 4. The SMILES string of the molecule is COc1cccc(CN(C)C(=O)CN2C(=O)C(=O)N(C3CCCC3)C2=O)c1. The maximum atomic E-state index is 12.5. The van der Waals surface area contributed by atoms with Gasteiger partial charge in [0.15, 0.2) is 0 Å². The minimum atomic E-state index is -0.921. The molecule has 0 unspecified atom stereocenters. The molecule has 2 aliphatic rings. The minimum absolute atomic E-state index is 0.233. The zero-order valence-corrected chi connectivity index (χ0v) is 15.5. The first-order valence-electron chi connectivity index (χ1n) is 8.98. The average molecular weight is 373 g/mol. The van der Waals surface area contributed by atoms with Crippen molar-refractivity contribution < 1.29 is 23.9 Å². The van der Waals surface area contributed by atoms with E-state index in [9.17, 15) is 19.2 Å². The molecule has 1 saturated heterocycles. The number of imide groups is 2. The number of hydrogen-bond acceptors (Lipinski definition) is 5. The molecule has 1 aliphatic heterocycles. The van der Waals surface area contributed by atoms with Crippen LogP contribution in [0, 0.1) is 0 Å². The Kier molecular flexibility index (Phi) is 5.43. The van der Waals surface area contributed by atoms with E-state index in [0.717, 1.165) is 28.2 Å². The Morgan fingerprint density at radius 2 is 1.89 bits per heavy atom. The third kappa shape index (κ3) is 3.79. The van der Waals surface area contributed by atoms with Crippen molar-refractivity contribution in [2.45, 2.75) is 38.3 Å². The molecule has 144 valence electrons. The fraction of sp³-hybridized carbons (Fsp3) is 0.474. The Bertz CT molecular complexity index is 772. The smallest absolute Gasteiger partial charge is 0.334 e. The Morgan fingerprint density at radius 1 is 1.19 bits per heavy atom. The standard InChI is InChI=1S/C19H23N3O5/c1-20(11-13-6-5-9-15(10-13)27-2)16(23)12-21-17(24)18(25)22(19(21)26)14-7-3-4-8-14/h5-6,9-10,14H,3-4,7-8,11-12H2,1-2H3. The van der Waals surface area contributed by atoms with Crippen LogP contribution in [0.5, 0.6) is 5.75 Å². The van der Waals surface area contributed by atoms with Gasteiger partial charge in [-0.3, -0.25) is 19.3 Å². The van der Waals surface area contributed by atoms with Gasteiger partial charge >= 0.3 is 17.8 Å². The third-order valence-electron chi connectivity index (χ3n) is 5.05. The molecule has 0 atom stereocenters. The summed E-state index contributed by atoms with van der Waals surface area (Å²) in [6.45, 7) is -0.139. The first-order chi connectivity index (χ1) is 12.9. The first kappa shape index (κ1) is 18.9. The lowest BCUT2D eigenvalue weighted by Gasteiger charge is -2.22. The number of carbonyl (C=O) groups is 4. The van der Waals surface area contributed by atoms with Gasteiger partial charge < -0.3 is 9.64 Å². The molecule has 8 heteroatoms. The molecular weight excluding hydrogens is 350 g/mol. The quantitative estimate of drug-likeness (QED) is 0.555. The fourth-order valence-electron chi connectivity index (χ4n) is 3.54.